The predicted octanol–water partition coefficient (Wildman–Crippen LogP) is 1.56. The molecule has 0 unspecified atom stereocenters. The van der Waals surface area contributed by atoms with E-state index in [9.17, 15) is 9.90 Å². The minimum absolute atomic E-state index is 0.0441. The van der Waals surface area contributed by atoms with Crippen LogP contribution in [0.5, 0.6) is 0 Å². The molecule has 0 fully saturated rings. The minimum Gasteiger partial charge on any atom is -0.478 e. The molecule has 0 aliphatic rings. The molecule has 0 saturated heterocycles. The predicted molar refractivity (Wildman–Crippen MR) is 72.7 cm³/mol. The van der Waals surface area contributed by atoms with Gasteiger partial charge in [-0.15, -0.1) is 10.2 Å². The summed E-state index contributed by atoms with van der Waals surface area (Å²) < 4.78 is 1.76. The Bertz CT molecular complexity index is 801. The molecule has 0 atom stereocenters. The third kappa shape index (κ3) is 2.16. The zero-order chi connectivity index (χ0) is 14.1. The van der Waals surface area contributed by atoms with Crippen LogP contribution in [0.15, 0.2) is 46.8 Å². The first kappa shape index (κ1) is 12.4. The highest BCUT2D eigenvalue weighted by molar-refractivity contribution is 7.99. The molecule has 3 aromatic heterocycles. The Morgan fingerprint density at radius 2 is 2.20 bits per heavy atom. The first-order valence-corrected chi connectivity index (χ1v) is 6.43. The Labute approximate surface area is 117 Å². The Kier molecular flexibility index (Phi) is 2.99. The summed E-state index contributed by atoms with van der Waals surface area (Å²) in [4.78, 5) is 15.3. The fourth-order valence-corrected chi connectivity index (χ4v) is 2.55. The third-order valence-corrected chi connectivity index (χ3v) is 3.55. The van der Waals surface area contributed by atoms with Gasteiger partial charge in [0.1, 0.15) is 5.03 Å². The second kappa shape index (κ2) is 4.82. The molecule has 7 nitrogen and oxygen atoms in total. The van der Waals surface area contributed by atoms with Gasteiger partial charge in [-0.2, -0.15) is 0 Å². The molecule has 0 aliphatic carbocycles. The molecule has 0 amide bonds. The van der Waals surface area contributed by atoms with Crippen molar-refractivity contribution in [2.45, 2.75) is 10.2 Å². The number of pyridine rings is 2. The van der Waals surface area contributed by atoms with Gasteiger partial charge in [0.25, 0.3) is 0 Å². The molecule has 100 valence electrons. The molecule has 0 aromatic carbocycles. The number of hydrogen-bond acceptors (Lipinski definition) is 6. The summed E-state index contributed by atoms with van der Waals surface area (Å²) in [5.41, 5.74) is 6.59. The topological polar surface area (TPSA) is 106 Å². The number of nitrogens with two attached hydrogens (primary N) is 1. The molecule has 20 heavy (non-hydrogen) atoms. The highest BCUT2D eigenvalue weighted by Crippen LogP contribution is 2.28. The van der Waals surface area contributed by atoms with Crippen LogP contribution < -0.4 is 5.73 Å². The van der Waals surface area contributed by atoms with E-state index < -0.39 is 5.97 Å². The lowest BCUT2D eigenvalue weighted by Crippen LogP contribution is -2.03. The van der Waals surface area contributed by atoms with Crippen LogP contribution in [0.4, 0.5) is 5.69 Å². The summed E-state index contributed by atoms with van der Waals surface area (Å²) in [5.74, 6) is -1.08. The van der Waals surface area contributed by atoms with Crippen LogP contribution in [-0.2, 0) is 0 Å². The Morgan fingerprint density at radius 1 is 1.35 bits per heavy atom. The Hall–Kier alpha value is -2.61. The number of carboxylic acids is 1. The number of carbonyl (C=O) groups is 1. The van der Waals surface area contributed by atoms with Crippen LogP contribution >= 0.6 is 11.8 Å². The third-order valence-electron chi connectivity index (χ3n) is 2.57. The molecule has 0 bridgehead atoms. The van der Waals surface area contributed by atoms with E-state index in [1.54, 1.807) is 10.6 Å². The van der Waals surface area contributed by atoms with E-state index in [1.165, 1.54) is 12.3 Å². The van der Waals surface area contributed by atoms with Crippen molar-refractivity contribution in [2.24, 2.45) is 0 Å². The maximum atomic E-state index is 11.2. The Morgan fingerprint density at radius 3 is 3.00 bits per heavy atom. The van der Waals surface area contributed by atoms with Crippen molar-refractivity contribution in [3.05, 3.63) is 42.2 Å². The van der Waals surface area contributed by atoms with Gasteiger partial charge in [-0.05, 0) is 30.0 Å². The van der Waals surface area contributed by atoms with Gasteiger partial charge in [0.05, 0.1) is 17.4 Å². The average molecular weight is 287 g/mol. The number of carboxylic acid groups (broad SMARTS) is 1. The van der Waals surface area contributed by atoms with Gasteiger partial charge in [-0.3, -0.25) is 4.40 Å². The number of aromatic nitrogens is 4. The second-order valence-electron chi connectivity index (χ2n) is 3.94. The monoisotopic (exact) mass is 287 g/mol. The second-order valence-corrected chi connectivity index (χ2v) is 4.90. The SMILES string of the molecule is Nc1cnc(Sc2nnc3ccccn23)c(C(=O)O)c1. The summed E-state index contributed by atoms with van der Waals surface area (Å²) in [7, 11) is 0. The highest BCUT2D eigenvalue weighted by Gasteiger charge is 2.16. The fraction of sp³-hybridized carbons (Fsp3) is 0. The molecule has 3 heterocycles. The number of rotatable bonds is 3. The van der Waals surface area contributed by atoms with E-state index in [2.05, 4.69) is 15.2 Å². The molecular weight excluding hydrogens is 278 g/mol. The van der Waals surface area contributed by atoms with Gasteiger partial charge in [0.2, 0.25) is 5.16 Å². The van der Waals surface area contributed by atoms with Crippen LogP contribution in [0, 0.1) is 0 Å². The summed E-state index contributed by atoms with van der Waals surface area (Å²) in [6.07, 6.45) is 3.22. The van der Waals surface area contributed by atoms with Crippen molar-refractivity contribution in [2.75, 3.05) is 5.73 Å². The van der Waals surface area contributed by atoms with Crippen LogP contribution in [0.1, 0.15) is 10.4 Å². The van der Waals surface area contributed by atoms with Crippen molar-refractivity contribution in [3.63, 3.8) is 0 Å². The number of fused-ring (bicyclic) bond motifs is 1. The molecule has 0 spiro atoms. The number of anilines is 1. The zero-order valence-electron chi connectivity index (χ0n) is 10.1. The molecule has 0 aliphatic heterocycles. The van der Waals surface area contributed by atoms with Gasteiger partial charge in [-0.25, -0.2) is 9.78 Å². The Balaban J connectivity index is 2.05. The number of hydrogen-bond donors (Lipinski definition) is 2. The zero-order valence-corrected chi connectivity index (χ0v) is 10.9. The van der Waals surface area contributed by atoms with Crippen molar-refractivity contribution < 1.29 is 9.90 Å². The first-order chi connectivity index (χ1) is 9.65. The van der Waals surface area contributed by atoms with Crippen LogP contribution in [0.3, 0.4) is 0 Å². The molecule has 3 N–H and O–H groups in total. The van der Waals surface area contributed by atoms with Gasteiger partial charge in [-0.1, -0.05) is 6.07 Å². The maximum Gasteiger partial charge on any atom is 0.338 e. The van der Waals surface area contributed by atoms with Gasteiger partial charge in [0, 0.05) is 6.20 Å². The van der Waals surface area contributed by atoms with E-state index in [0.717, 1.165) is 11.8 Å². The highest BCUT2D eigenvalue weighted by atomic mass is 32.2. The molecule has 0 radical (unpaired) electrons. The van der Waals surface area contributed by atoms with E-state index >= 15 is 0 Å². The normalized spacial score (nSPS) is 10.8. The molecular formula is C12H9N5O2S. The lowest BCUT2D eigenvalue weighted by Gasteiger charge is -2.04. The van der Waals surface area contributed by atoms with Gasteiger partial charge < -0.3 is 10.8 Å². The van der Waals surface area contributed by atoms with Crippen molar-refractivity contribution >= 4 is 29.1 Å². The molecule has 8 heteroatoms. The average Bonchev–Trinajstić information content (AvgIpc) is 2.84. The van der Waals surface area contributed by atoms with Gasteiger partial charge >= 0.3 is 5.97 Å². The lowest BCUT2D eigenvalue weighted by molar-refractivity contribution is 0.0692. The van der Waals surface area contributed by atoms with Crippen molar-refractivity contribution in [1.29, 1.82) is 0 Å². The largest absolute Gasteiger partial charge is 0.478 e. The first-order valence-electron chi connectivity index (χ1n) is 5.61. The van der Waals surface area contributed by atoms with Crippen molar-refractivity contribution in [1.82, 2.24) is 19.6 Å². The van der Waals surface area contributed by atoms with Crippen LogP contribution in [-0.4, -0.2) is 30.7 Å². The van der Waals surface area contributed by atoms with E-state index in [-0.39, 0.29) is 5.56 Å². The molecule has 0 saturated carbocycles. The fourth-order valence-electron chi connectivity index (χ4n) is 1.68. The van der Waals surface area contributed by atoms with E-state index in [1.807, 2.05) is 18.2 Å². The quantitative estimate of drug-likeness (QED) is 0.752. The summed E-state index contributed by atoms with van der Waals surface area (Å²) >= 11 is 1.13. The number of nitrogens with zero attached hydrogens (tertiary/aromatic N) is 4. The summed E-state index contributed by atoms with van der Waals surface area (Å²) in [6, 6.07) is 6.88. The smallest absolute Gasteiger partial charge is 0.338 e. The van der Waals surface area contributed by atoms with Gasteiger partial charge in [0.15, 0.2) is 5.65 Å². The summed E-state index contributed by atoms with van der Waals surface area (Å²) in [6.45, 7) is 0. The number of aromatic carboxylic acids is 1. The van der Waals surface area contributed by atoms with Crippen molar-refractivity contribution in [3.8, 4) is 0 Å². The van der Waals surface area contributed by atoms with Crippen LogP contribution in [0.25, 0.3) is 5.65 Å². The lowest BCUT2D eigenvalue weighted by atomic mass is 10.3. The van der Waals surface area contributed by atoms with E-state index in [4.69, 9.17) is 5.73 Å². The number of nitrogen functional groups attached to an aromatic ring is 1. The maximum absolute atomic E-state index is 11.2. The molecule has 3 rings (SSSR count). The summed E-state index contributed by atoms with van der Waals surface area (Å²) in [5, 5.41) is 18.1. The van der Waals surface area contributed by atoms with E-state index in [0.29, 0.717) is 21.5 Å². The minimum atomic E-state index is -1.08. The standard InChI is InChI=1S/C12H9N5O2S/c13-7-5-8(11(18)19)10(14-6-7)20-12-16-15-9-3-1-2-4-17(9)12/h1-6H,13H2,(H,18,19). The van der Waals surface area contributed by atoms with Crippen LogP contribution in [0.2, 0.25) is 0 Å². The molecule has 3 aromatic rings.